The van der Waals surface area contributed by atoms with Gasteiger partial charge in [-0.25, -0.2) is 4.39 Å². The fourth-order valence-electron chi connectivity index (χ4n) is 3.05. The summed E-state index contributed by atoms with van der Waals surface area (Å²) in [4.78, 5) is 12.3. The van der Waals surface area contributed by atoms with Gasteiger partial charge >= 0.3 is 5.97 Å². The van der Waals surface area contributed by atoms with Crippen molar-refractivity contribution >= 4 is 17.6 Å². The lowest BCUT2D eigenvalue weighted by atomic mass is 10.0. The van der Waals surface area contributed by atoms with Gasteiger partial charge in [0, 0.05) is 12.0 Å². The highest BCUT2D eigenvalue weighted by atomic mass is 19.1. The zero-order valence-corrected chi connectivity index (χ0v) is 17.4. The topological polar surface area (TPSA) is 59.3 Å². The predicted octanol–water partition coefficient (Wildman–Crippen LogP) is 5.75. The molecule has 3 aromatic rings. The number of rotatable bonds is 7. The molecule has 0 bridgehead atoms. The summed E-state index contributed by atoms with van der Waals surface area (Å²) in [6, 6.07) is 21.0. The van der Waals surface area contributed by atoms with Crippen molar-refractivity contribution in [3.8, 4) is 17.6 Å². The van der Waals surface area contributed by atoms with Crippen LogP contribution in [0.1, 0.15) is 28.7 Å². The third kappa shape index (κ3) is 5.80. The molecule has 3 aromatic carbocycles. The number of hydrogen-bond donors (Lipinski definition) is 0. The molecule has 31 heavy (non-hydrogen) atoms. The van der Waals surface area contributed by atoms with Gasteiger partial charge in [0.2, 0.25) is 0 Å². The van der Waals surface area contributed by atoms with Gasteiger partial charge in [-0.3, -0.25) is 4.79 Å². The monoisotopic (exact) mass is 415 g/mol. The second-order valence-electron chi connectivity index (χ2n) is 7.02. The summed E-state index contributed by atoms with van der Waals surface area (Å²) in [7, 11) is 1.47. The van der Waals surface area contributed by atoms with E-state index in [1.54, 1.807) is 42.5 Å². The average Bonchev–Trinajstić information content (AvgIpc) is 2.78. The molecule has 0 radical (unpaired) electrons. The maximum atomic E-state index is 14.0. The number of esters is 1. The van der Waals surface area contributed by atoms with E-state index in [2.05, 4.69) is 0 Å². The quantitative estimate of drug-likeness (QED) is 0.214. The molecule has 0 unspecified atom stereocenters. The number of carbonyl (C=O) groups is 1. The van der Waals surface area contributed by atoms with E-state index in [0.717, 1.165) is 5.56 Å². The van der Waals surface area contributed by atoms with E-state index in [1.807, 2.05) is 37.3 Å². The van der Waals surface area contributed by atoms with Crippen molar-refractivity contribution in [2.75, 3.05) is 7.11 Å². The van der Waals surface area contributed by atoms with E-state index >= 15 is 0 Å². The summed E-state index contributed by atoms with van der Waals surface area (Å²) in [5, 5.41) is 9.45. The van der Waals surface area contributed by atoms with Gasteiger partial charge in [0.15, 0.2) is 11.5 Å². The number of nitriles is 1. The van der Waals surface area contributed by atoms with Crippen LogP contribution in [0, 0.1) is 24.1 Å². The highest BCUT2D eigenvalue weighted by Crippen LogP contribution is 2.30. The minimum absolute atomic E-state index is 0.183. The Hall–Kier alpha value is -3.91. The highest BCUT2D eigenvalue weighted by Gasteiger charge is 2.12. The molecule has 0 fully saturated rings. The van der Waals surface area contributed by atoms with E-state index in [0.29, 0.717) is 17.7 Å². The van der Waals surface area contributed by atoms with Crippen molar-refractivity contribution in [3.05, 3.63) is 94.8 Å². The minimum atomic E-state index is -0.471. The van der Waals surface area contributed by atoms with Crippen molar-refractivity contribution in [2.24, 2.45) is 0 Å². The number of aryl methyl sites for hydroxylation is 2. The summed E-state index contributed by atoms with van der Waals surface area (Å²) in [5.41, 5.74) is 3.25. The Morgan fingerprint density at radius 2 is 1.81 bits per heavy atom. The van der Waals surface area contributed by atoms with Crippen LogP contribution >= 0.6 is 0 Å². The molecular weight excluding hydrogens is 393 g/mol. The number of nitrogens with zero attached hydrogens (tertiary/aromatic N) is 1. The van der Waals surface area contributed by atoms with Gasteiger partial charge in [-0.1, -0.05) is 54.1 Å². The highest BCUT2D eigenvalue weighted by molar-refractivity contribution is 5.90. The van der Waals surface area contributed by atoms with Gasteiger partial charge in [0.1, 0.15) is 5.82 Å². The zero-order chi connectivity index (χ0) is 22.2. The van der Waals surface area contributed by atoms with E-state index in [1.165, 1.54) is 18.7 Å². The van der Waals surface area contributed by atoms with Crippen LogP contribution in [0.15, 0.2) is 66.7 Å². The zero-order valence-electron chi connectivity index (χ0n) is 17.4. The Balaban J connectivity index is 1.73. The van der Waals surface area contributed by atoms with Gasteiger partial charge in [0.25, 0.3) is 0 Å². The summed E-state index contributed by atoms with van der Waals surface area (Å²) in [5.74, 6) is -0.200. The first-order valence-electron chi connectivity index (χ1n) is 9.81. The van der Waals surface area contributed by atoms with Crippen LogP contribution in [0.5, 0.6) is 11.5 Å². The molecule has 0 N–H and O–H groups in total. The Morgan fingerprint density at radius 1 is 1.06 bits per heavy atom. The van der Waals surface area contributed by atoms with E-state index in [-0.39, 0.29) is 29.3 Å². The van der Waals surface area contributed by atoms with Gasteiger partial charge in [-0.2, -0.15) is 5.26 Å². The second-order valence-corrected chi connectivity index (χ2v) is 7.02. The molecule has 3 rings (SSSR count). The van der Waals surface area contributed by atoms with Crippen molar-refractivity contribution < 1.29 is 18.7 Å². The lowest BCUT2D eigenvalue weighted by Crippen LogP contribution is -2.10. The largest absolute Gasteiger partial charge is 0.493 e. The van der Waals surface area contributed by atoms with Gasteiger partial charge in [-0.15, -0.1) is 0 Å². The molecule has 0 atom stereocenters. The standard InChI is InChI=1S/C26H22FNO3/c1-18-7-9-19(10-8-18)12-14-26(29)31-24-13-11-20(16-25(24)30-2)15-21(17-28)22-5-3-4-6-23(22)27/h3-11,13,15-16H,12,14H2,1-2H3/b21-15-. The molecule has 0 saturated heterocycles. The second kappa shape index (κ2) is 10.2. The molecule has 5 heteroatoms. The van der Waals surface area contributed by atoms with Crippen LogP contribution in [0.2, 0.25) is 0 Å². The van der Waals surface area contributed by atoms with Crippen molar-refractivity contribution in [3.63, 3.8) is 0 Å². The summed E-state index contributed by atoms with van der Waals surface area (Å²) in [6.07, 6.45) is 2.38. The smallest absolute Gasteiger partial charge is 0.311 e. The van der Waals surface area contributed by atoms with Crippen LogP contribution in [-0.4, -0.2) is 13.1 Å². The number of halogens is 1. The fourth-order valence-corrected chi connectivity index (χ4v) is 3.05. The lowest BCUT2D eigenvalue weighted by Gasteiger charge is -2.10. The number of ether oxygens (including phenoxy) is 2. The number of hydrogen-bond acceptors (Lipinski definition) is 4. The maximum Gasteiger partial charge on any atom is 0.311 e. The van der Waals surface area contributed by atoms with Crippen LogP contribution in [0.4, 0.5) is 4.39 Å². The molecule has 0 amide bonds. The lowest BCUT2D eigenvalue weighted by molar-refractivity contribution is -0.134. The molecular formula is C26H22FNO3. The molecule has 0 heterocycles. The summed E-state index contributed by atoms with van der Waals surface area (Å²) in [6.45, 7) is 2.01. The first kappa shape index (κ1) is 21.8. The Morgan fingerprint density at radius 3 is 2.48 bits per heavy atom. The van der Waals surface area contributed by atoms with Gasteiger partial charge in [-0.05, 0) is 48.7 Å². The third-order valence-electron chi connectivity index (χ3n) is 4.75. The molecule has 4 nitrogen and oxygen atoms in total. The Labute approximate surface area is 181 Å². The first-order valence-corrected chi connectivity index (χ1v) is 9.81. The molecule has 0 aliphatic rings. The van der Waals surface area contributed by atoms with Gasteiger partial charge < -0.3 is 9.47 Å². The van der Waals surface area contributed by atoms with E-state index in [4.69, 9.17) is 9.47 Å². The molecule has 0 aliphatic heterocycles. The van der Waals surface area contributed by atoms with Crippen LogP contribution in [0.25, 0.3) is 11.6 Å². The SMILES string of the molecule is COc1cc(/C=C(/C#N)c2ccccc2F)ccc1OC(=O)CCc1ccc(C)cc1. The molecule has 0 saturated carbocycles. The number of carbonyl (C=O) groups excluding carboxylic acids is 1. The molecule has 156 valence electrons. The number of allylic oxidation sites excluding steroid dienone is 1. The van der Waals surface area contributed by atoms with Crippen LogP contribution < -0.4 is 9.47 Å². The van der Waals surface area contributed by atoms with E-state index in [9.17, 15) is 14.4 Å². The first-order chi connectivity index (χ1) is 15.0. The predicted molar refractivity (Wildman–Crippen MR) is 118 cm³/mol. The van der Waals surface area contributed by atoms with Crippen LogP contribution in [0.3, 0.4) is 0 Å². The Bertz CT molecular complexity index is 1140. The van der Waals surface area contributed by atoms with Crippen LogP contribution in [-0.2, 0) is 11.2 Å². The molecule has 0 spiro atoms. The number of methoxy groups -OCH3 is 1. The fraction of sp³-hybridized carbons (Fsp3) is 0.154. The maximum absolute atomic E-state index is 14.0. The van der Waals surface area contributed by atoms with Crippen molar-refractivity contribution in [1.29, 1.82) is 5.26 Å². The van der Waals surface area contributed by atoms with Crippen molar-refractivity contribution in [1.82, 2.24) is 0 Å². The summed E-state index contributed by atoms with van der Waals surface area (Å²) < 4.78 is 24.8. The Kier molecular flexibility index (Phi) is 7.18. The molecule has 0 aliphatic carbocycles. The molecule has 0 aromatic heterocycles. The van der Waals surface area contributed by atoms with E-state index < -0.39 is 5.82 Å². The average molecular weight is 415 g/mol. The van der Waals surface area contributed by atoms with Crippen molar-refractivity contribution in [2.45, 2.75) is 19.8 Å². The van der Waals surface area contributed by atoms with Gasteiger partial charge in [0.05, 0.1) is 18.8 Å². The number of benzene rings is 3. The third-order valence-corrected chi connectivity index (χ3v) is 4.75. The normalized spacial score (nSPS) is 11.0. The summed E-state index contributed by atoms with van der Waals surface area (Å²) >= 11 is 0. The minimum Gasteiger partial charge on any atom is -0.493 e.